The minimum atomic E-state index is -0.717. The van der Waals surface area contributed by atoms with Crippen LogP contribution in [0.1, 0.15) is 19.4 Å². The molecule has 106 valence electrons. The lowest BCUT2D eigenvalue weighted by Crippen LogP contribution is -2.31. The zero-order valence-electron chi connectivity index (χ0n) is 11.3. The van der Waals surface area contributed by atoms with Crippen molar-refractivity contribution in [2.45, 2.75) is 26.5 Å². The Hall–Kier alpha value is -1.27. The molecular formula is C13H19BrN2O3. The summed E-state index contributed by atoms with van der Waals surface area (Å²) in [5.74, 6) is 0.567. The molecule has 1 rings (SSSR count). The normalized spacial score (nSPS) is 12.0. The van der Waals surface area contributed by atoms with Gasteiger partial charge in [0.05, 0.1) is 11.1 Å². The van der Waals surface area contributed by atoms with Gasteiger partial charge in [-0.05, 0) is 54.5 Å². The molecule has 6 heteroatoms. The molecule has 0 radical (unpaired) electrons. The van der Waals surface area contributed by atoms with E-state index in [1.54, 1.807) is 6.92 Å². The smallest absolute Gasteiger partial charge is 0.258 e. The van der Waals surface area contributed by atoms with Gasteiger partial charge in [-0.15, -0.1) is 0 Å². The van der Waals surface area contributed by atoms with Crippen LogP contribution in [0.3, 0.4) is 0 Å². The molecule has 1 atom stereocenters. The van der Waals surface area contributed by atoms with Crippen molar-refractivity contribution in [3.05, 3.63) is 22.2 Å². The number of ether oxygens (including phenoxy) is 2. The highest BCUT2D eigenvalue weighted by Crippen LogP contribution is 2.37. The Balaban J connectivity index is 3.09. The number of nitrogens with one attached hydrogen (secondary N) is 1. The quantitative estimate of drug-likeness (QED) is 0.799. The second-order valence-corrected chi connectivity index (χ2v) is 4.89. The van der Waals surface area contributed by atoms with Crippen LogP contribution in [-0.2, 0) is 11.3 Å². The summed E-state index contributed by atoms with van der Waals surface area (Å²) in [6, 6.07) is 3.80. The van der Waals surface area contributed by atoms with Gasteiger partial charge in [0.25, 0.3) is 5.91 Å². The average Bonchev–Trinajstić information content (AvgIpc) is 2.34. The number of amides is 1. The molecule has 3 N–H and O–H groups in total. The molecule has 1 aromatic carbocycles. The molecule has 19 heavy (non-hydrogen) atoms. The molecule has 0 fully saturated rings. The zero-order chi connectivity index (χ0) is 14.4. The minimum absolute atomic E-state index is 0.494. The molecule has 1 unspecified atom stereocenters. The summed E-state index contributed by atoms with van der Waals surface area (Å²) in [6.45, 7) is 4.72. The summed E-state index contributed by atoms with van der Waals surface area (Å²) < 4.78 is 11.8. The van der Waals surface area contributed by atoms with Crippen molar-refractivity contribution >= 4 is 21.8 Å². The molecule has 0 saturated carbocycles. The Morgan fingerprint density at radius 3 is 2.74 bits per heavy atom. The van der Waals surface area contributed by atoms with E-state index < -0.39 is 12.0 Å². The molecule has 1 aromatic rings. The first-order chi connectivity index (χ1) is 8.99. The predicted octanol–water partition coefficient (Wildman–Crippen LogP) is 1.82. The van der Waals surface area contributed by atoms with Gasteiger partial charge in [-0.1, -0.05) is 0 Å². The molecular weight excluding hydrogens is 312 g/mol. The van der Waals surface area contributed by atoms with Crippen molar-refractivity contribution in [1.82, 2.24) is 5.32 Å². The number of nitrogens with two attached hydrogens (primary N) is 1. The van der Waals surface area contributed by atoms with E-state index in [2.05, 4.69) is 21.2 Å². The van der Waals surface area contributed by atoms with Crippen LogP contribution in [0.5, 0.6) is 11.5 Å². The van der Waals surface area contributed by atoms with Crippen molar-refractivity contribution in [2.24, 2.45) is 5.73 Å². The number of primary amides is 1. The van der Waals surface area contributed by atoms with E-state index in [-0.39, 0.29) is 0 Å². The fourth-order valence-electron chi connectivity index (χ4n) is 1.54. The average molecular weight is 331 g/mol. The Morgan fingerprint density at radius 1 is 1.53 bits per heavy atom. The van der Waals surface area contributed by atoms with Crippen LogP contribution in [0.25, 0.3) is 0 Å². The molecule has 0 aliphatic carbocycles. The van der Waals surface area contributed by atoms with E-state index in [9.17, 15) is 4.79 Å². The van der Waals surface area contributed by atoms with Crippen molar-refractivity contribution in [1.29, 1.82) is 0 Å². The predicted molar refractivity (Wildman–Crippen MR) is 77.4 cm³/mol. The molecule has 1 amide bonds. The van der Waals surface area contributed by atoms with Crippen LogP contribution in [0.2, 0.25) is 0 Å². The number of carbonyl (C=O) groups is 1. The summed E-state index contributed by atoms with van der Waals surface area (Å²) >= 11 is 3.43. The van der Waals surface area contributed by atoms with Crippen LogP contribution in [0, 0.1) is 0 Å². The third-order valence-electron chi connectivity index (χ3n) is 2.45. The van der Waals surface area contributed by atoms with Crippen molar-refractivity contribution < 1.29 is 14.3 Å². The van der Waals surface area contributed by atoms with Gasteiger partial charge in [0.1, 0.15) is 0 Å². The first-order valence-corrected chi connectivity index (χ1v) is 6.84. The second kappa shape index (κ2) is 7.35. The fourth-order valence-corrected chi connectivity index (χ4v) is 2.12. The Kier molecular flexibility index (Phi) is 6.11. The van der Waals surface area contributed by atoms with Gasteiger partial charge >= 0.3 is 0 Å². The molecule has 0 saturated heterocycles. The summed E-state index contributed by atoms with van der Waals surface area (Å²) in [4.78, 5) is 11.1. The highest BCUT2D eigenvalue weighted by molar-refractivity contribution is 9.10. The van der Waals surface area contributed by atoms with E-state index >= 15 is 0 Å². The maximum Gasteiger partial charge on any atom is 0.258 e. The third-order valence-corrected chi connectivity index (χ3v) is 3.03. The lowest BCUT2D eigenvalue weighted by Gasteiger charge is -2.18. The number of hydrogen-bond acceptors (Lipinski definition) is 4. The first kappa shape index (κ1) is 15.8. The van der Waals surface area contributed by atoms with Gasteiger partial charge in [-0.25, -0.2) is 0 Å². The Bertz CT molecular complexity index is 452. The minimum Gasteiger partial charge on any atom is -0.490 e. The van der Waals surface area contributed by atoms with E-state index in [0.717, 1.165) is 10.0 Å². The highest BCUT2D eigenvalue weighted by Gasteiger charge is 2.17. The van der Waals surface area contributed by atoms with E-state index in [0.29, 0.717) is 24.7 Å². The fraction of sp³-hybridized carbons (Fsp3) is 0.462. The Labute approximate surface area is 121 Å². The molecule has 0 aliphatic heterocycles. The van der Waals surface area contributed by atoms with Crippen LogP contribution in [0.4, 0.5) is 0 Å². The third kappa shape index (κ3) is 4.40. The largest absolute Gasteiger partial charge is 0.490 e. The van der Waals surface area contributed by atoms with Crippen molar-refractivity contribution in [3.63, 3.8) is 0 Å². The number of halogens is 1. The van der Waals surface area contributed by atoms with Gasteiger partial charge in [-0.2, -0.15) is 0 Å². The van der Waals surface area contributed by atoms with Gasteiger partial charge in [-0.3, -0.25) is 4.79 Å². The molecule has 0 heterocycles. The number of rotatable bonds is 7. The van der Waals surface area contributed by atoms with Crippen LogP contribution < -0.4 is 20.5 Å². The van der Waals surface area contributed by atoms with Crippen LogP contribution >= 0.6 is 15.9 Å². The lowest BCUT2D eigenvalue weighted by molar-refractivity contribution is -0.124. The summed E-state index contributed by atoms with van der Waals surface area (Å²) in [5, 5.41) is 3.07. The number of carbonyl (C=O) groups excluding carboxylic acids is 1. The topological polar surface area (TPSA) is 73.6 Å². The van der Waals surface area contributed by atoms with Crippen LogP contribution in [-0.4, -0.2) is 25.7 Å². The standard InChI is InChI=1S/C13H19BrN2O3/c1-4-18-11-6-9(7-16-3)5-10(14)12(11)19-8(2)13(15)17/h5-6,8,16H,4,7H2,1-3H3,(H2,15,17). The number of hydrogen-bond donors (Lipinski definition) is 2. The van der Waals surface area contributed by atoms with Crippen molar-refractivity contribution in [3.8, 4) is 11.5 Å². The van der Waals surface area contributed by atoms with Gasteiger partial charge in [0, 0.05) is 6.54 Å². The highest BCUT2D eigenvalue weighted by atomic mass is 79.9. The lowest BCUT2D eigenvalue weighted by atomic mass is 10.2. The Morgan fingerprint density at radius 2 is 2.21 bits per heavy atom. The molecule has 0 spiro atoms. The van der Waals surface area contributed by atoms with E-state index in [1.165, 1.54) is 0 Å². The van der Waals surface area contributed by atoms with Crippen molar-refractivity contribution in [2.75, 3.05) is 13.7 Å². The molecule has 5 nitrogen and oxygen atoms in total. The SMILES string of the molecule is CCOc1cc(CNC)cc(Br)c1OC(C)C(N)=O. The summed E-state index contributed by atoms with van der Waals surface area (Å²) in [5.41, 5.74) is 6.26. The second-order valence-electron chi connectivity index (χ2n) is 4.03. The summed E-state index contributed by atoms with van der Waals surface area (Å²) in [6.07, 6.45) is -0.717. The first-order valence-electron chi connectivity index (χ1n) is 6.05. The maximum absolute atomic E-state index is 11.1. The molecule has 0 aromatic heterocycles. The van der Waals surface area contributed by atoms with Gasteiger partial charge in [0.2, 0.25) is 0 Å². The van der Waals surface area contributed by atoms with E-state index in [1.807, 2.05) is 26.1 Å². The summed E-state index contributed by atoms with van der Waals surface area (Å²) in [7, 11) is 1.87. The zero-order valence-corrected chi connectivity index (χ0v) is 12.9. The molecule has 0 aliphatic rings. The van der Waals surface area contributed by atoms with E-state index in [4.69, 9.17) is 15.2 Å². The monoisotopic (exact) mass is 330 g/mol. The molecule has 0 bridgehead atoms. The maximum atomic E-state index is 11.1. The van der Waals surface area contributed by atoms with Gasteiger partial charge in [0.15, 0.2) is 17.6 Å². The van der Waals surface area contributed by atoms with Crippen LogP contribution in [0.15, 0.2) is 16.6 Å². The van der Waals surface area contributed by atoms with Gasteiger partial charge < -0.3 is 20.5 Å². The number of benzene rings is 1.